The summed E-state index contributed by atoms with van der Waals surface area (Å²) in [6.45, 7) is 4.44. The maximum Gasteiger partial charge on any atom is 0.127 e. The van der Waals surface area contributed by atoms with Crippen LogP contribution >= 0.6 is 0 Å². The van der Waals surface area contributed by atoms with Gasteiger partial charge in [0.15, 0.2) is 0 Å². The van der Waals surface area contributed by atoms with Crippen LogP contribution in [0.3, 0.4) is 0 Å². The summed E-state index contributed by atoms with van der Waals surface area (Å²) >= 11 is 0. The van der Waals surface area contributed by atoms with Crippen LogP contribution < -0.4 is 5.73 Å². The Morgan fingerprint density at radius 2 is 1.94 bits per heavy atom. The van der Waals surface area contributed by atoms with E-state index >= 15 is 0 Å². The Kier molecular flexibility index (Phi) is 4.08. The molecule has 17 heavy (non-hydrogen) atoms. The van der Waals surface area contributed by atoms with Gasteiger partial charge in [0.05, 0.1) is 5.69 Å². The van der Waals surface area contributed by atoms with E-state index in [9.17, 15) is 0 Å². The molecule has 1 aromatic rings. The zero-order valence-electron chi connectivity index (χ0n) is 11.2. The number of aryl methyl sites for hydroxylation is 2. The number of aromatic nitrogens is 2. The van der Waals surface area contributed by atoms with E-state index in [0.29, 0.717) is 6.04 Å². The lowest BCUT2D eigenvalue weighted by Crippen LogP contribution is -2.05. The van der Waals surface area contributed by atoms with Crippen molar-refractivity contribution in [2.45, 2.75) is 71.3 Å². The quantitative estimate of drug-likeness (QED) is 0.735. The summed E-state index contributed by atoms with van der Waals surface area (Å²) in [6, 6.07) is 0.656. The first-order valence-electron chi connectivity index (χ1n) is 7.13. The van der Waals surface area contributed by atoms with Crippen LogP contribution in [0, 0.1) is 0 Å². The van der Waals surface area contributed by atoms with Crippen LogP contribution in [0.5, 0.6) is 0 Å². The summed E-state index contributed by atoms with van der Waals surface area (Å²) in [7, 11) is 0. The molecule has 1 fully saturated rings. The smallest absolute Gasteiger partial charge is 0.127 e. The molecule has 0 unspecified atom stereocenters. The molecule has 0 atom stereocenters. The first-order chi connectivity index (χ1) is 8.27. The normalized spacial score (nSPS) is 15.4. The molecule has 1 aliphatic carbocycles. The van der Waals surface area contributed by atoms with Gasteiger partial charge >= 0.3 is 0 Å². The standard InChI is InChI=1S/C14H25N3/c1-3-5-6-8-12-14(15)17(11-9-10-11)13(16-12)7-4-2/h11H,3-10,15H2,1-2H3. The molecule has 96 valence electrons. The molecule has 0 radical (unpaired) electrons. The third-order valence-electron chi connectivity index (χ3n) is 3.50. The Hall–Kier alpha value is -0.990. The van der Waals surface area contributed by atoms with Gasteiger partial charge in [-0.3, -0.25) is 0 Å². The van der Waals surface area contributed by atoms with E-state index in [4.69, 9.17) is 10.7 Å². The van der Waals surface area contributed by atoms with Crippen molar-refractivity contribution in [2.75, 3.05) is 5.73 Å². The largest absolute Gasteiger partial charge is 0.384 e. The molecule has 0 aliphatic heterocycles. The lowest BCUT2D eigenvalue weighted by atomic mass is 10.1. The lowest BCUT2D eigenvalue weighted by molar-refractivity contribution is 0.676. The van der Waals surface area contributed by atoms with Gasteiger partial charge in [0.1, 0.15) is 11.6 Å². The summed E-state index contributed by atoms with van der Waals surface area (Å²) in [5.41, 5.74) is 7.41. The second-order valence-electron chi connectivity index (χ2n) is 5.17. The van der Waals surface area contributed by atoms with E-state index in [-0.39, 0.29) is 0 Å². The molecule has 2 rings (SSSR count). The minimum atomic E-state index is 0.656. The van der Waals surface area contributed by atoms with E-state index in [1.807, 2.05) is 0 Å². The van der Waals surface area contributed by atoms with Crippen molar-refractivity contribution in [3.05, 3.63) is 11.5 Å². The van der Waals surface area contributed by atoms with Gasteiger partial charge in [-0.2, -0.15) is 0 Å². The zero-order valence-corrected chi connectivity index (χ0v) is 11.2. The number of anilines is 1. The van der Waals surface area contributed by atoms with Crippen molar-refractivity contribution in [2.24, 2.45) is 0 Å². The highest BCUT2D eigenvalue weighted by molar-refractivity contribution is 5.40. The molecule has 0 amide bonds. The maximum atomic E-state index is 6.26. The Labute approximate surface area is 104 Å². The van der Waals surface area contributed by atoms with Crippen molar-refractivity contribution in [3.8, 4) is 0 Å². The van der Waals surface area contributed by atoms with Crippen LogP contribution in [0.2, 0.25) is 0 Å². The van der Waals surface area contributed by atoms with Crippen LogP contribution in [0.25, 0.3) is 0 Å². The minimum Gasteiger partial charge on any atom is -0.384 e. The van der Waals surface area contributed by atoms with E-state index in [1.165, 1.54) is 37.9 Å². The number of hydrogen-bond donors (Lipinski definition) is 1. The third-order valence-corrected chi connectivity index (χ3v) is 3.50. The average molecular weight is 235 g/mol. The van der Waals surface area contributed by atoms with Crippen LogP contribution in [-0.4, -0.2) is 9.55 Å². The molecule has 0 bridgehead atoms. The number of unbranched alkanes of at least 4 members (excludes halogenated alkanes) is 2. The second kappa shape index (κ2) is 5.56. The Morgan fingerprint density at radius 3 is 2.53 bits per heavy atom. The van der Waals surface area contributed by atoms with Crippen molar-refractivity contribution in [1.82, 2.24) is 9.55 Å². The van der Waals surface area contributed by atoms with E-state index < -0.39 is 0 Å². The van der Waals surface area contributed by atoms with E-state index in [2.05, 4.69) is 18.4 Å². The van der Waals surface area contributed by atoms with Crippen LogP contribution in [0.4, 0.5) is 5.82 Å². The fraction of sp³-hybridized carbons (Fsp3) is 0.786. The number of nitrogens with two attached hydrogens (primary N) is 1. The fourth-order valence-electron chi connectivity index (χ4n) is 2.41. The SMILES string of the molecule is CCCCCc1nc(CCC)n(C2CC2)c1N. The zero-order chi connectivity index (χ0) is 12.3. The van der Waals surface area contributed by atoms with Gasteiger partial charge in [0, 0.05) is 12.5 Å². The molecule has 3 heteroatoms. The maximum absolute atomic E-state index is 6.26. The average Bonchev–Trinajstić information content (AvgIpc) is 3.08. The molecule has 1 aliphatic rings. The van der Waals surface area contributed by atoms with Gasteiger partial charge in [0.2, 0.25) is 0 Å². The summed E-state index contributed by atoms with van der Waals surface area (Å²) in [5, 5.41) is 0. The predicted octanol–water partition coefficient (Wildman–Crippen LogP) is 3.49. The molecule has 1 heterocycles. The number of nitrogens with zero attached hydrogens (tertiary/aromatic N) is 2. The van der Waals surface area contributed by atoms with Gasteiger partial charge < -0.3 is 10.3 Å². The van der Waals surface area contributed by atoms with Gasteiger partial charge in [-0.1, -0.05) is 26.7 Å². The van der Waals surface area contributed by atoms with Crippen molar-refractivity contribution in [3.63, 3.8) is 0 Å². The Bertz CT molecular complexity index is 364. The van der Waals surface area contributed by atoms with Crippen LogP contribution in [-0.2, 0) is 12.8 Å². The number of imidazole rings is 1. The molecule has 1 aromatic heterocycles. The lowest BCUT2D eigenvalue weighted by Gasteiger charge is -2.07. The van der Waals surface area contributed by atoms with Gasteiger partial charge in [-0.15, -0.1) is 0 Å². The highest BCUT2D eigenvalue weighted by Gasteiger charge is 2.29. The summed E-state index contributed by atoms with van der Waals surface area (Å²) < 4.78 is 2.31. The molecule has 0 aromatic carbocycles. The second-order valence-corrected chi connectivity index (χ2v) is 5.17. The Morgan fingerprint density at radius 1 is 1.18 bits per heavy atom. The molecular weight excluding hydrogens is 210 g/mol. The highest BCUT2D eigenvalue weighted by atomic mass is 15.2. The van der Waals surface area contributed by atoms with Gasteiger partial charge in [0.25, 0.3) is 0 Å². The highest BCUT2D eigenvalue weighted by Crippen LogP contribution is 2.39. The number of nitrogen functional groups attached to an aromatic ring is 1. The molecule has 0 saturated heterocycles. The molecular formula is C14H25N3. The number of hydrogen-bond acceptors (Lipinski definition) is 2. The van der Waals surface area contributed by atoms with Crippen molar-refractivity contribution >= 4 is 5.82 Å². The van der Waals surface area contributed by atoms with E-state index in [0.717, 1.165) is 30.8 Å². The first-order valence-corrected chi connectivity index (χ1v) is 7.13. The predicted molar refractivity (Wildman–Crippen MR) is 72.1 cm³/mol. The van der Waals surface area contributed by atoms with Gasteiger partial charge in [-0.25, -0.2) is 4.98 Å². The molecule has 0 spiro atoms. The summed E-state index contributed by atoms with van der Waals surface area (Å²) in [5.74, 6) is 2.17. The fourth-order valence-corrected chi connectivity index (χ4v) is 2.41. The topological polar surface area (TPSA) is 43.8 Å². The third kappa shape index (κ3) is 2.82. The summed E-state index contributed by atoms with van der Waals surface area (Å²) in [4.78, 5) is 4.77. The Balaban J connectivity index is 2.12. The molecule has 1 saturated carbocycles. The monoisotopic (exact) mass is 235 g/mol. The molecule has 3 nitrogen and oxygen atoms in total. The van der Waals surface area contributed by atoms with Crippen LogP contribution in [0.1, 0.15) is 69.9 Å². The minimum absolute atomic E-state index is 0.656. The van der Waals surface area contributed by atoms with Crippen molar-refractivity contribution in [1.29, 1.82) is 0 Å². The van der Waals surface area contributed by atoms with E-state index in [1.54, 1.807) is 0 Å². The number of rotatable bonds is 7. The van der Waals surface area contributed by atoms with Crippen molar-refractivity contribution < 1.29 is 0 Å². The summed E-state index contributed by atoms with van der Waals surface area (Å²) in [6.07, 6.45) is 9.58. The first kappa shape index (κ1) is 12.5. The van der Waals surface area contributed by atoms with Gasteiger partial charge in [-0.05, 0) is 32.1 Å². The molecule has 2 N–H and O–H groups in total. The van der Waals surface area contributed by atoms with Crippen LogP contribution in [0.15, 0.2) is 0 Å².